The van der Waals surface area contributed by atoms with Gasteiger partial charge in [0.1, 0.15) is 5.75 Å². The number of allylic oxidation sites excluding steroid dienone is 4. The molecule has 1 heterocycles. The first-order chi connectivity index (χ1) is 22.7. The maximum absolute atomic E-state index is 14.2. The van der Waals surface area contributed by atoms with E-state index in [0.29, 0.717) is 39.8 Å². The number of nitrogens with one attached hydrogen (secondary N) is 1. The van der Waals surface area contributed by atoms with Crippen molar-refractivity contribution in [3.05, 3.63) is 115 Å². The fourth-order valence-corrected chi connectivity index (χ4v) is 8.84. The number of anilines is 1. The Hall–Kier alpha value is -3.49. The Bertz CT molecular complexity index is 1760. The first-order valence-electron chi connectivity index (χ1n) is 16.5. The number of amides is 1. The average molecular weight is 775 g/mol. The van der Waals surface area contributed by atoms with Crippen molar-refractivity contribution in [2.24, 2.45) is 10.8 Å². The SMILES string of the molecule is Cc1ccc(NC(=O)COc2c(Br)cc(C3C4=C(CC(C)(C)CC4=O)N(CCc4ccccc4)C4=C3C(=O)CC(C)(C)C4)cc2Br)cc1. The first kappa shape index (κ1) is 34.4. The van der Waals surface area contributed by atoms with Crippen LogP contribution in [0.2, 0.25) is 0 Å². The van der Waals surface area contributed by atoms with E-state index < -0.39 is 5.92 Å². The molecule has 6 nitrogen and oxygen atoms in total. The molecule has 48 heavy (non-hydrogen) atoms. The molecule has 2 aliphatic carbocycles. The number of ketones is 2. The number of carbonyl (C=O) groups excluding carboxylic acids is 3. The van der Waals surface area contributed by atoms with Crippen molar-refractivity contribution in [2.45, 2.75) is 72.6 Å². The summed E-state index contributed by atoms with van der Waals surface area (Å²) >= 11 is 7.39. The van der Waals surface area contributed by atoms with Gasteiger partial charge in [-0.15, -0.1) is 0 Å². The summed E-state index contributed by atoms with van der Waals surface area (Å²) in [6.07, 6.45) is 3.17. The van der Waals surface area contributed by atoms with Gasteiger partial charge in [0.15, 0.2) is 18.2 Å². The van der Waals surface area contributed by atoms with E-state index in [0.717, 1.165) is 52.9 Å². The van der Waals surface area contributed by atoms with Crippen molar-refractivity contribution in [1.82, 2.24) is 4.90 Å². The Morgan fingerprint density at radius 3 is 1.92 bits per heavy atom. The van der Waals surface area contributed by atoms with E-state index in [1.54, 1.807) is 0 Å². The summed E-state index contributed by atoms with van der Waals surface area (Å²) in [7, 11) is 0. The van der Waals surface area contributed by atoms with E-state index in [1.165, 1.54) is 5.56 Å². The lowest BCUT2D eigenvalue weighted by Gasteiger charge is -2.49. The van der Waals surface area contributed by atoms with Gasteiger partial charge in [-0.3, -0.25) is 14.4 Å². The van der Waals surface area contributed by atoms with E-state index >= 15 is 0 Å². The fourth-order valence-electron chi connectivity index (χ4n) is 7.39. The van der Waals surface area contributed by atoms with E-state index in [-0.39, 0.29) is 34.9 Å². The zero-order valence-corrected chi connectivity index (χ0v) is 31.4. The molecular formula is C40H42Br2N2O4. The number of ether oxygens (including phenoxy) is 1. The molecule has 0 spiro atoms. The molecular weight excluding hydrogens is 732 g/mol. The van der Waals surface area contributed by atoms with Crippen molar-refractivity contribution in [1.29, 1.82) is 0 Å². The van der Waals surface area contributed by atoms with Crippen molar-refractivity contribution in [2.75, 3.05) is 18.5 Å². The van der Waals surface area contributed by atoms with Crippen LogP contribution in [0.3, 0.4) is 0 Å². The van der Waals surface area contributed by atoms with Crippen LogP contribution in [0, 0.1) is 17.8 Å². The van der Waals surface area contributed by atoms with Gasteiger partial charge in [0.05, 0.1) is 8.95 Å². The van der Waals surface area contributed by atoms with Crippen LogP contribution in [0.25, 0.3) is 0 Å². The second kappa shape index (κ2) is 13.4. The highest BCUT2D eigenvalue weighted by molar-refractivity contribution is 9.11. The third-order valence-corrected chi connectivity index (χ3v) is 10.7. The second-order valence-electron chi connectivity index (χ2n) is 14.9. The van der Waals surface area contributed by atoms with Crippen molar-refractivity contribution in [3.63, 3.8) is 0 Å². The summed E-state index contributed by atoms with van der Waals surface area (Å²) in [5.74, 6) is -0.0867. The van der Waals surface area contributed by atoms with Gasteiger partial charge in [-0.05, 0) is 104 Å². The number of nitrogens with zero attached hydrogens (tertiary/aromatic N) is 1. The van der Waals surface area contributed by atoms with Crippen LogP contribution in [0.5, 0.6) is 5.75 Å². The van der Waals surface area contributed by atoms with Gasteiger partial charge in [-0.25, -0.2) is 0 Å². The summed E-state index contributed by atoms with van der Waals surface area (Å²) in [6.45, 7) is 11.1. The smallest absolute Gasteiger partial charge is 0.262 e. The van der Waals surface area contributed by atoms with E-state index in [1.807, 2.05) is 49.4 Å². The largest absolute Gasteiger partial charge is 0.481 e. The number of carbonyl (C=O) groups is 3. The molecule has 0 atom stereocenters. The Morgan fingerprint density at radius 1 is 0.833 bits per heavy atom. The molecule has 8 heteroatoms. The zero-order valence-electron chi connectivity index (χ0n) is 28.2. The van der Waals surface area contributed by atoms with Crippen molar-refractivity contribution >= 4 is 55.0 Å². The van der Waals surface area contributed by atoms with Crippen LogP contribution in [0.1, 0.15) is 76.0 Å². The monoisotopic (exact) mass is 772 g/mol. The third kappa shape index (κ3) is 7.25. The van der Waals surface area contributed by atoms with Crippen molar-refractivity contribution < 1.29 is 19.1 Å². The van der Waals surface area contributed by atoms with Crippen LogP contribution in [0.15, 0.2) is 98.2 Å². The molecule has 3 aromatic carbocycles. The quantitative estimate of drug-likeness (QED) is 0.247. The third-order valence-electron chi connectivity index (χ3n) is 9.53. The van der Waals surface area contributed by atoms with Crippen LogP contribution in [0.4, 0.5) is 5.69 Å². The normalized spacial score (nSPS) is 18.9. The molecule has 3 aliphatic rings. The maximum atomic E-state index is 14.2. The van der Waals surface area contributed by atoms with Gasteiger partial charge in [0, 0.05) is 53.5 Å². The van der Waals surface area contributed by atoms with Gasteiger partial charge in [0.25, 0.3) is 5.91 Å². The van der Waals surface area contributed by atoms with Crippen LogP contribution >= 0.6 is 31.9 Å². The average Bonchev–Trinajstić information content (AvgIpc) is 2.99. The molecule has 0 fully saturated rings. The lowest BCUT2D eigenvalue weighted by molar-refractivity contribution is -0.120. The summed E-state index contributed by atoms with van der Waals surface area (Å²) in [5, 5.41) is 2.86. The Kier molecular flexibility index (Phi) is 9.62. The van der Waals surface area contributed by atoms with Crippen molar-refractivity contribution in [3.8, 4) is 5.75 Å². The molecule has 6 rings (SSSR count). The second-order valence-corrected chi connectivity index (χ2v) is 16.6. The molecule has 3 aromatic rings. The number of hydrogen-bond donors (Lipinski definition) is 1. The lowest BCUT2D eigenvalue weighted by atomic mass is 9.63. The zero-order chi connectivity index (χ0) is 34.4. The van der Waals surface area contributed by atoms with Gasteiger partial charge >= 0.3 is 0 Å². The molecule has 1 aliphatic heterocycles. The lowest BCUT2D eigenvalue weighted by Crippen LogP contribution is -2.45. The highest BCUT2D eigenvalue weighted by Gasteiger charge is 2.49. The van der Waals surface area contributed by atoms with Crippen LogP contribution < -0.4 is 10.1 Å². The van der Waals surface area contributed by atoms with Gasteiger partial charge in [-0.1, -0.05) is 75.7 Å². The Labute approximate surface area is 300 Å². The Morgan fingerprint density at radius 2 is 1.38 bits per heavy atom. The highest BCUT2D eigenvalue weighted by Crippen LogP contribution is 2.55. The molecule has 0 unspecified atom stereocenters. The van der Waals surface area contributed by atoms with E-state index in [2.05, 4.69) is 94.0 Å². The minimum Gasteiger partial charge on any atom is -0.481 e. The highest BCUT2D eigenvalue weighted by atomic mass is 79.9. The molecule has 0 saturated heterocycles. The van der Waals surface area contributed by atoms with E-state index in [4.69, 9.17) is 4.74 Å². The van der Waals surface area contributed by atoms with Crippen LogP contribution in [-0.2, 0) is 20.8 Å². The minimum atomic E-state index is -0.485. The summed E-state index contributed by atoms with van der Waals surface area (Å²) in [4.78, 5) is 43.5. The number of halogens is 2. The number of aryl methyl sites for hydroxylation is 1. The summed E-state index contributed by atoms with van der Waals surface area (Å²) in [6, 6.07) is 21.9. The van der Waals surface area contributed by atoms with Gasteiger partial charge in [-0.2, -0.15) is 0 Å². The fraction of sp³-hybridized carbons (Fsp3) is 0.375. The van der Waals surface area contributed by atoms with E-state index in [9.17, 15) is 14.4 Å². The predicted molar refractivity (Wildman–Crippen MR) is 197 cm³/mol. The predicted octanol–water partition coefficient (Wildman–Crippen LogP) is 9.47. The standard InChI is InChI=1S/C40H42Br2N2O4/c1-24-11-13-27(14-12-24)43-34(47)23-48-38-28(41)17-26(18-29(38)42)35-36-30(19-39(2,3)21-32(36)45)44(16-15-25-9-7-6-8-10-25)31-20-40(4,5)22-33(46)37(31)35/h6-14,17-18,35H,15-16,19-23H2,1-5H3,(H,43,47). The Balaban J connectivity index is 1.38. The molecule has 1 amide bonds. The molecule has 0 bridgehead atoms. The molecule has 1 N–H and O–H groups in total. The first-order valence-corrected chi connectivity index (χ1v) is 18.1. The number of rotatable bonds is 8. The molecule has 0 saturated carbocycles. The molecule has 0 aromatic heterocycles. The topological polar surface area (TPSA) is 75.7 Å². The van der Waals surface area contributed by atoms with Crippen LogP contribution in [-0.4, -0.2) is 35.5 Å². The number of hydrogen-bond acceptors (Lipinski definition) is 5. The summed E-state index contributed by atoms with van der Waals surface area (Å²) in [5.41, 5.74) is 7.04. The number of Topliss-reactive ketones (excluding diaryl/α,β-unsaturated/α-hetero) is 2. The number of benzene rings is 3. The molecule has 250 valence electrons. The maximum Gasteiger partial charge on any atom is 0.262 e. The van der Waals surface area contributed by atoms with Gasteiger partial charge < -0.3 is 15.0 Å². The van der Waals surface area contributed by atoms with Gasteiger partial charge in [0.2, 0.25) is 0 Å². The molecule has 0 radical (unpaired) electrons. The summed E-state index contributed by atoms with van der Waals surface area (Å²) < 4.78 is 7.27. The minimum absolute atomic E-state index is 0.0977.